The van der Waals surface area contributed by atoms with Gasteiger partial charge in [-0.15, -0.1) is 11.6 Å². The second kappa shape index (κ2) is 5.89. The molecule has 0 spiro atoms. The average molecular weight is 255 g/mol. The van der Waals surface area contributed by atoms with Gasteiger partial charge in [0.15, 0.2) is 5.58 Å². The third-order valence-electron chi connectivity index (χ3n) is 2.47. The minimum Gasteiger partial charge on any atom is -0.423 e. The van der Waals surface area contributed by atoms with Crippen LogP contribution in [0, 0.1) is 0 Å². The van der Waals surface area contributed by atoms with Crippen LogP contribution < -0.4 is 4.90 Å². The third kappa shape index (κ3) is 2.90. The zero-order valence-corrected chi connectivity index (χ0v) is 10.5. The largest absolute Gasteiger partial charge is 0.423 e. The average Bonchev–Trinajstić information content (AvgIpc) is 2.78. The molecular formula is C12H15ClN2O2. The van der Waals surface area contributed by atoms with E-state index in [1.165, 1.54) is 0 Å². The first-order valence-corrected chi connectivity index (χ1v) is 6.04. The third-order valence-corrected chi connectivity index (χ3v) is 2.64. The normalized spacial score (nSPS) is 10.9. The quantitative estimate of drug-likeness (QED) is 0.743. The summed E-state index contributed by atoms with van der Waals surface area (Å²) in [7, 11) is 1.67. The molecule has 0 aliphatic heterocycles. The molecule has 0 unspecified atom stereocenters. The van der Waals surface area contributed by atoms with E-state index in [1.54, 1.807) is 7.11 Å². The van der Waals surface area contributed by atoms with Crippen LogP contribution in [-0.2, 0) is 4.74 Å². The first-order chi connectivity index (χ1) is 8.35. The minimum absolute atomic E-state index is 0.530. The molecule has 4 nitrogen and oxygen atoms in total. The highest BCUT2D eigenvalue weighted by Crippen LogP contribution is 2.21. The van der Waals surface area contributed by atoms with Crippen molar-refractivity contribution in [2.24, 2.45) is 0 Å². The molecule has 92 valence electrons. The van der Waals surface area contributed by atoms with Gasteiger partial charge in [0.05, 0.1) is 6.61 Å². The van der Waals surface area contributed by atoms with Crippen LogP contribution in [0.25, 0.3) is 11.1 Å². The lowest BCUT2D eigenvalue weighted by molar-refractivity contribution is 0.204. The number of anilines is 1. The highest BCUT2D eigenvalue weighted by molar-refractivity contribution is 6.18. The molecule has 1 aromatic heterocycles. The molecule has 0 aliphatic rings. The molecule has 0 saturated heterocycles. The molecule has 2 rings (SSSR count). The van der Waals surface area contributed by atoms with Crippen molar-refractivity contribution in [3.63, 3.8) is 0 Å². The van der Waals surface area contributed by atoms with Crippen molar-refractivity contribution in [1.82, 2.24) is 4.98 Å². The molecule has 1 aromatic carbocycles. The van der Waals surface area contributed by atoms with E-state index in [2.05, 4.69) is 4.98 Å². The van der Waals surface area contributed by atoms with Gasteiger partial charge in [0.25, 0.3) is 6.01 Å². The van der Waals surface area contributed by atoms with E-state index in [9.17, 15) is 0 Å². The summed E-state index contributed by atoms with van der Waals surface area (Å²) in [5.41, 5.74) is 1.65. The Hall–Kier alpha value is -1.26. The number of hydrogen-bond acceptors (Lipinski definition) is 4. The van der Waals surface area contributed by atoms with Gasteiger partial charge in [0.2, 0.25) is 0 Å². The molecule has 0 N–H and O–H groups in total. The standard InChI is InChI=1S/C12H15ClN2O2/c1-16-9-8-15(7-6-13)12-14-10-4-2-3-5-11(10)17-12/h2-5H,6-9H2,1H3. The fourth-order valence-electron chi connectivity index (χ4n) is 1.60. The SMILES string of the molecule is COCCN(CCCl)c1nc2ccccc2o1. The first kappa shape index (κ1) is 12.2. The van der Waals surface area contributed by atoms with E-state index in [0.717, 1.165) is 17.6 Å². The van der Waals surface area contributed by atoms with Gasteiger partial charge in [-0.1, -0.05) is 12.1 Å². The lowest BCUT2D eigenvalue weighted by Crippen LogP contribution is -2.29. The highest BCUT2D eigenvalue weighted by Gasteiger charge is 2.12. The van der Waals surface area contributed by atoms with Crippen molar-refractivity contribution >= 4 is 28.7 Å². The van der Waals surface area contributed by atoms with E-state index in [1.807, 2.05) is 29.2 Å². The highest BCUT2D eigenvalue weighted by atomic mass is 35.5. The van der Waals surface area contributed by atoms with Crippen LogP contribution in [0.15, 0.2) is 28.7 Å². The Morgan fingerprint density at radius 3 is 2.88 bits per heavy atom. The van der Waals surface area contributed by atoms with Crippen LogP contribution in [-0.4, -0.2) is 37.7 Å². The fourth-order valence-corrected chi connectivity index (χ4v) is 1.81. The fraction of sp³-hybridized carbons (Fsp3) is 0.417. The van der Waals surface area contributed by atoms with Gasteiger partial charge in [-0.05, 0) is 12.1 Å². The number of alkyl halides is 1. The molecule has 0 radical (unpaired) electrons. The number of rotatable bonds is 6. The zero-order valence-electron chi connectivity index (χ0n) is 9.73. The number of para-hydroxylation sites is 2. The Morgan fingerprint density at radius 1 is 1.35 bits per heavy atom. The number of halogens is 1. The van der Waals surface area contributed by atoms with Crippen molar-refractivity contribution in [2.75, 3.05) is 37.6 Å². The molecule has 0 amide bonds. The number of hydrogen-bond donors (Lipinski definition) is 0. The van der Waals surface area contributed by atoms with Gasteiger partial charge in [-0.3, -0.25) is 0 Å². The molecule has 5 heteroatoms. The van der Waals surface area contributed by atoms with E-state index < -0.39 is 0 Å². The van der Waals surface area contributed by atoms with E-state index in [0.29, 0.717) is 25.0 Å². The van der Waals surface area contributed by atoms with Gasteiger partial charge < -0.3 is 14.1 Å². The van der Waals surface area contributed by atoms with Gasteiger partial charge >= 0.3 is 0 Å². The van der Waals surface area contributed by atoms with Crippen LogP contribution >= 0.6 is 11.6 Å². The summed E-state index contributed by atoms with van der Waals surface area (Å²) in [6.07, 6.45) is 0. The Kier molecular flexibility index (Phi) is 4.23. The molecule has 0 aliphatic carbocycles. The van der Waals surface area contributed by atoms with Crippen molar-refractivity contribution < 1.29 is 9.15 Å². The zero-order chi connectivity index (χ0) is 12.1. The summed E-state index contributed by atoms with van der Waals surface area (Å²) in [6, 6.07) is 8.30. The topological polar surface area (TPSA) is 38.5 Å². The van der Waals surface area contributed by atoms with Gasteiger partial charge in [-0.2, -0.15) is 4.98 Å². The number of methoxy groups -OCH3 is 1. The van der Waals surface area contributed by atoms with E-state index >= 15 is 0 Å². The Balaban J connectivity index is 2.21. The minimum atomic E-state index is 0.530. The lowest BCUT2D eigenvalue weighted by Gasteiger charge is -2.18. The summed E-state index contributed by atoms with van der Waals surface area (Å²) in [5.74, 6) is 0.530. The molecule has 0 bridgehead atoms. The van der Waals surface area contributed by atoms with Crippen molar-refractivity contribution in [2.45, 2.75) is 0 Å². The molecular weight excluding hydrogens is 240 g/mol. The molecule has 1 heterocycles. The van der Waals surface area contributed by atoms with Crippen molar-refractivity contribution in [1.29, 1.82) is 0 Å². The molecule has 0 atom stereocenters. The number of aromatic nitrogens is 1. The maximum absolute atomic E-state index is 5.77. The maximum Gasteiger partial charge on any atom is 0.298 e. The van der Waals surface area contributed by atoms with Crippen LogP contribution in [0.5, 0.6) is 0 Å². The Labute approximate surface area is 105 Å². The van der Waals surface area contributed by atoms with Crippen LogP contribution in [0.3, 0.4) is 0 Å². The monoisotopic (exact) mass is 254 g/mol. The lowest BCUT2D eigenvalue weighted by atomic mass is 10.3. The van der Waals surface area contributed by atoms with Crippen molar-refractivity contribution in [3.05, 3.63) is 24.3 Å². The summed E-state index contributed by atoms with van der Waals surface area (Å²) < 4.78 is 10.7. The number of oxazole rings is 1. The number of fused-ring (bicyclic) bond motifs is 1. The Bertz CT molecular complexity index is 439. The summed E-state index contributed by atoms with van der Waals surface area (Å²) in [6.45, 7) is 2.03. The summed E-state index contributed by atoms with van der Waals surface area (Å²) >= 11 is 5.77. The number of ether oxygens (including phenoxy) is 1. The predicted molar refractivity (Wildman–Crippen MR) is 68.8 cm³/mol. The van der Waals surface area contributed by atoms with E-state index in [-0.39, 0.29) is 0 Å². The van der Waals surface area contributed by atoms with E-state index in [4.69, 9.17) is 20.8 Å². The molecule has 17 heavy (non-hydrogen) atoms. The number of benzene rings is 1. The predicted octanol–water partition coefficient (Wildman–Crippen LogP) is 2.52. The van der Waals surface area contributed by atoms with Gasteiger partial charge in [0.1, 0.15) is 5.52 Å². The van der Waals surface area contributed by atoms with Crippen LogP contribution in [0.4, 0.5) is 6.01 Å². The summed E-state index contributed by atoms with van der Waals surface area (Å²) in [5, 5.41) is 0. The molecule has 2 aromatic rings. The Morgan fingerprint density at radius 2 is 2.18 bits per heavy atom. The maximum atomic E-state index is 5.77. The smallest absolute Gasteiger partial charge is 0.298 e. The van der Waals surface area contributed by atoms with Crippen molar-refractivity contribution in [3.8, 4) is 0 Å². The second-order valence-electron chi connectivity index (χ2n) is 3.63. The van der Waals surface area contributed by atoms with Crippen LogP contribution in [0.1, 0.15) is 0 Å². The van der Waals surface area contributed by atoms with Crippen LogP contribution in [0.2, 0.25) is 0 Å². The molecule has 0 fully saturated rings. The second-order valence-corrected chi connectivity index (χ2v) is 4.01. The number of nitrogens with zero attached hydrogens (tertiary/aromatic N) is 2. The van der Waals surface area contributed by atoms with Gasteiger partial charge in [0, 0.05) is 26.1 Å². The first-order valence-electron chi connectivity index (χ1n) is 5.50. The van der Waals surface area contributed by atoms with Gasteiger partial charge in [-0.25, -0.2) is 0 Å². The molecule has 0 saturated carbocycles. The summed E-state index contributed by atoms with van der Waals surface area (Å²) in [4.78, 5) is 6.41.